The standard InChI is InChI=1S/C21H25NO4/c1-14-6-4-7-17(10-14)21(24)26-13-20(23)19-11-15(2)22(16(19)3)12-18-8-5-9-25-18/h4,6-7,10-11,18H,5,8-9,12-13H2,1-3H3/t18-/m0/s1. The minimum Gasteiger partial charge on any atom is -0.454 e. The molecule has 5 heteroatoms. The van der Waals surface area contributed by atoms with Crippen LogP contribution in [-0.2, 0) is 16.0 Å². The first kappa shape index (κ1) is 18.4. The first-order chi connectivity index (χ1) is 12.5. The van der Waals surface area contributed by atoms with E-state index < -0.39 is 5.97 Å². The summed E-state index contributed by atoms with van der Waals surface area (Å²) in [6, 6.07) is 9.01. The Morgan fingerprint density at radius 2 is 2.04 bits per heavy atom. The summed E-state index contributed by atoms with van der Waals surface area (Å²) in [5.41, 5.74) is 3.96. The molecule has 0 bridgehead atoms. The van der Waals surface area contributed by atoms with Gasteiger partial charge < -0.3 is 14.0 Å². The summed E-state index contributed by atoms with van der Waals surface area (Å²) in [4.78, 5) is 24.7. The Labute approximate surface area is 153 Å². The van der Waals surface area contributed by atoms with Crippen LogP contribution < -0.4 is 0 Å². The molecule has 1 aromatic heterocycles. The summed E-state index contributed by atoms with van der Waals surface area (Å²) >= 11 is 0. The number of hydrogen-bond acceptors (Lipinski definition) is 4. The maximum absolute atomic E-state index is 12.5. The lowest BCUT2D eigenvalue weighted by atomic mass is 10.1. The molecule has 0 aliphatic carbocycles. The van der Waals surface area contributed by atoms with Gasteiger partial charge in [-0.05, 0) is 51.8 Å². The highest BCUT2D eigenvalue weighted by Gasteiger charge is 2.21. The van der Waals surface area contributed by atoms with Gasteiger partial charge in [0, 0.05) is 30.1 Å². The fraction of sp³-hybridized carbons (Fsp3) is 0.429. The summed E-state index contributed by atoms with van der Waals surface area (Å²) in [5.74, 6) is -0.659. The molecule has 1 saturated heterocycles. The molecule has 0 saturated carbocycles. The van der Waals surface area contributed by atoms with E-state index >= 15 is 0 Å². The number of Topliss-reactive ketones (excluding diaryl/α,β-unsaturated/α-hetero) is 1. The molecule has 3 rings (SSSR count). The lowest BCUT2D eigenvalue weighted by molar-refractivity contribution is 0.0474. The summed E-state index contributed by atoms with van der Waals surface area (Å²) in [7, 11) is 0. The summed E-state index contributed by atoms with van der Waals surface area (Å²) < 4.78 is 13.0. The molecule has 0 unspecified atom stereocenters. The van der Waals surface area contributed by atoms with Crippen LogP contribution in [0.5, 0.6) is 0 Å². The zero-order chi connectivity index (χ0) is 18.7. The lowest BCUT2D eigenvalue weighted by Crippen LogP contribution is -2.18. The fourth-order valence-corrected chi connectivity index (χ4v) is 3.42. The molecule has 5 nitrogen and oxygen atoms in total. The van der Waals surface area contributed by atoms with Crippen molar-refractivity contribution in [2.75, 3.05) is 13.2 Å². The van der Waals surface area contributed by atoms with Crippen molar-refractivity contribution in [1.29, 1.82) is 0 Å². The largest absolute Gasteiger partial charge is 0.454 e. The Morgan fingerprint density at radius 3 is 2.73 bits per heavy atom. The van der Waals surface area contributed by atoms with E-state index in [1.807, 2.05) is 32.9 Å². The second-order valence-electron chi connectivity index (χ2n) is 6.90. The molecule has 2 aromatic rings. The summed E-state index contributed by atoms with van der Waals surface area (Å²) in [6.07, 6.45) is 2.35. The number of carbonyl (C=O) groups is 2. The van der Waals surface area contributed by atoms with Crippen LogP contribution in [0.4, 0.5) is 0 Å². The van der Waals surface area contributed by atoms with Crippen LogP contribution in [0.2, 0.25) is 0 Å². The topological polar surface area (TPSA) is 57.5 Å². The van der Waals surface area contributed by atoms with Crippen LogP contribution in [0.15, 0.2) is 30.3 Å². The molecule has 1 fully saturated rings. The normalized spacial score (nSPS) is 16.7. The quantitative estimate of drug-likeness (QED) is 0.586. The Kier molecular flexibility index (Phi) is 5.57. The molecular formula is C21H25NO4. The molecule has 2 heterocycles. The number of nitrogens with zero attached hydrogens (tertiary/aromatic N) is 1. The predicted octanol–water partition coefficient (Wildman–Crippen LogP) is 3.63. The number of rotatable bonds is 6. The van der Waals surface area contributed by atoms with Crippen LogP contribution in [-0.4, -0.2) is 35.6 Å². The highest BCUT2D eigenvalue weighted by atomic mass is 16.5. The van der Waals surface area contributed by atoms with E-state index in [1.54, 1.807) is 18.2 Å². The highest BCUT2D eigenvalue weighted by molar-refractivity contribution is 6.00. The average molecular weight is 355 g/mol. The molecule has 0 amide bonds. The van der Waals surface area contributed by atoms with Crippen LogP contribution in [0, 0.1) is 20.8 Å². The first-order valence-corrected chi connectivity index (χ1v) is 9.01. The van der Waals surface area contributed by atoms with Crippen molar-refractivity contribution < 1.29 is 19.1 Å². The minimum atomic E-state index is -0.477. The maximum atomic E-state index is 12.5. The van der Waals surface area contributed by atoms with Gasteiger partial charge in [-0.25, -0.2) is 4.79 Å². The van der Waals surface area contributed by atoms with Gasteiger partial charge >= 0.3 is 5.97 Å². The van der Waals surface area contributed by atoms with Crippen molar-refractivity contribution in [3.8, 4) is 0 Å². The van der Waals surface area contributed by atoms with E-state index in [2.05, 4.69) is 4.57 Å². The predicted molar refractivity (Wildman–Crippen MR) is 98.7 cm³/mol. The Morgan fingerprint density at radius 1 is 1.23 bits per heavy atom. The molecule has 138 valence electrons. The fourth-order valence-electron chi connectivity index (χ4n) is 3.42. The second kappa shape index (κ2) is 7.87. The van der Waals surface area contributed by atoms with Gasteiger partial charge in [0.2, 0.25) is 5.78 Å². The van der Waals surface area contributed by atoms with E-state index in [-0.39, 0.29) is 18.5 Å². The van der Waals surface area contributed by atoms with Gasteiger partial charge in [0.25, 0.3) is 0 Å². The number of benzene rings is 1. The van der Waals surface area contributed by atoms with E-state index in [1.165, 1.54) is 0 Å². The van der Waals surface area contributed by atoms with Crippen molar-refractivity contribution in [3.05, 3.63) is 58.4 Å². The smallest absolute Gasteiger partial charge is 0.338 e. The summed E-state index contributed by atoms with van der Waals surface area (Å²) in [5, 5.41) is 0. The zero-order valence-corrected chi connectivity index (χ0v) is 15.6. The SMILES string of the molecule is Cc1cccc(C(=O)OCC(=O)c2cc(C)n(C[C@@H]3CCCO3)c2C)c1. The van der Waals surface area contributed by atoms with E-state index in [0.29, 0.717) is 11.1 Å². The molecule has 1 aromatic carbocycles. The van der Waals surface area contributed by atoms with E-state index in [4.69, 9.17) is 9.47 Å². The third kappa shape index (κ3) is 4.05. The van der Waals surface area contributed by atoms with Crippen molar-refractivity contribution in [2.24, 2.45) is 0 Å². The second-order valence-corrected chi connectivity index (χ2v) is 6.90. The van der Waals surface area contributed by atoms with E-state index in [0.717, 1.165) is 42.9 Å². The van der Waals surface area contributed by atoms with Crippen LogP contribution in [0.1, 0.15) is 50.5 Å². The monoisotopic (exact) mass is 355 g/mol. The number of esters is 1. The van der Waals surface area contributed by atoms with Gasteiger partial charge in [-0.3, -0.25) is 4.79 Å². The third-order valence-electron chi connectivity index (χ3n) is 4.87. The van der Waals surface area contributed by atoms with Crippen molar-refractivity contribution in [1.82, 2.24) is 4.57 Å². The van der Waals surface area contributed by atoms with Crippen LogP contribution in [0.3, 0.4) is 0 Å². The molecule has 0 spiro atoms. The third-order valence-corrected chi connectivity index (χ3v) is 4.87. The Bertz CT molecular complexity index is 815. The van der Waals surface area contributed by atoms with Gasteiger partial charge in [0.05, 0.1) is 11.7 Å². The van der Waals surface area contributed by atoms with Crippen molar-refractivity contribution in [3.63, 3.8) is 0 Å². The lowest BCUT2D eigenvalue weighted by Gasteiger charge is -2.14. The number of carbonyl (C=O) groups excluding carboxylic acids is 2. The number of ether oxygens (including phenoxy) is 2. The van der Waals surface area contributed by atoms with Crippen molar-refractivity contribution >= 4 is 11.8 Å². The van der Waals surface area contributed by atoms with Gasteiger partial charge in [-0.1, -0.05) is 17.7 Å². The Balaban J connectivity index is 1.65. The number of ketones is 1. The molecule has 0 N–H and O–H groups in total. The van der Waals surface area contributed by atoms with Gasteiger partial charge in [0.1, 0.15) is 0 Å². The van der Waals surface area contributed by atoms with Gasteiger partial charge in [0.15, 0.2) is 6.61 Å². The average Bonchev–Trinajstić information content (AvgIpc) is 3.23. The van der Waals surface area contributed by atoms with Crippen LogP contribution in [0.25, 0.3) is 0 Å². The maximum Gasteiger partial charge on any atom is 0.338 e. The minimum absolute atomic E-state index is 0.183. The van der Waals surface area contributed by atoms with Gasteiger partial charge in [-0.2, -0.15) is 0 Å². The number of aromatic nitrogens is 1. The molecule has 26 heavy (non-hydrogen) atoms. The summed E-state index contributed by atoms with van der Waals surface area (Å²) in [6.45, 7) is 7.13. The highest BCUT2D eigenvalue weighted by Crippen LogP contribution is 2.21. The van der Waals surface area contributed by atoms with Crippen molar-refractivity contribution in [2.45, 2.75) is 46.3 Å². The van der Waals surface area contributed by atoms with Gasteiger partial charge in [-0.15, -0.1) is 0 Å². The Hall–Kier alpha value is -2.40. The molecule has 0 radical (unpaired) electrons. The molecule has 1 aliphatic heterocycles. The number of hydrogen-bond donors (Lipinski definition) is 0. The first-order valence-electron chi connectivity index (χ1n) is 9.01. The van der Waals surface area contributed by atoms with Crippen LogP contribution >= 0.6 is 0 Å². The molecule has 1 aliphatic rings. The number of aryl methyl sites for hydroxylation is 2. The molecular weight excluding hydrogens is 330 g/mol. The molecule has 1 atom stereocenters. The van der Waals surface area contributed by atoms with E-state index in [9.17, 15) is 9.59 Å². The zero-order valence-electron chi connectivity index (χ0n) is 15.6.